The number of carboxylic acid groups (broad SMARTS) is 2. The fraction of sp³-hybridized carbons (Fsp3) is 0.583. The molecule has 1 saturated heterocycles. The van der Waals surface area contributed by atoms with Crippen LogP contribution < -0.4 is 48.7 Å². The Bertz CT molecular complexity index is 1250. The van der Waals surface area contributed by atoms with Crippen molar-refractivity contribution >= 4 is 71.9 Å². The third-order valence-corrected chi connectivity index (χ3v) is 6.48. The number of nitrogens with one attached hydrogen (secondary N) is 7. The Morgan fingerprint density at radius 2 is 1.11 bits per heavy atom. The summed E-state index contributed by atoms with van der Waals surface area (Å²) in [6, 6.07) is -8.32. The first kappa shape index (κ1) is 39.8. The van der Waals surface area contributed by atoms with Crippen LogP contribution in [0.4, 0.5) is 0 Å². The van der Waals surface area contributed by atoms with Crippen molar-refractivity contribution in [1.29, 1.82) is 0 Å². The van der Waals surface area contributed by atoms with Gasteiger partial charge in [0.1, 0.15) is 30.2 Å². The maximum Gasteiger partial charge on any atom is 0.305 e. The molecule has 14 N–H and O–H groups in total. The predicted molar refractivity (Wildman–Crippen MR) is 161 cm³/mol. The van der Waals surface area contributed by atoms with Crippen LogP contribution in [0.15, 0.2) is 4.99 Å². The molecule has 7 amide bonds. The van der Waals surface area contributed by atoms with Crippen molar-refractivity contribution in [3.05, 3.63) is 0 Å². The third kappa shape index (κ3) is 15.1. The summed E-state index contributed by atoms with van der Waals surface area (Å²) in [6.07, 6.45) is -2.00. The first-order valence-electron chi connectivity index (χ1n) is 13.8. The van der Waals surface area contributed by atoms with Crippen LogP contribution in [0.1, 0.15) is 25.7 Å². The van der Waals surface area contributed by atoms with E-state index in [-0.39, 0.29) is 31.1 Å². The van der Waals surface area contributed by atoms with Crippen LogP contribution in [-0.2, 0) is 43.2 Å². The number of hydrogen-bond acceptors (Lipinski definition) is 12. The van der Waals surface area contributed by atoms with E-state index in [2.05, 4.69) is 44.2 Å². The molecule has 1 heterocycles. The molecule has 0 saturated carbocycles. The molecule has 0 spiro atoms. The van der Waals surface area contributed by atoms with E-state index in [4.69, 9.17) is 11.5 Å². The number of aliphatic hydroxyl groups is 1. The van der Waals surface area contributed by atoms with E-state index in [1.807, 2.05) is 10.6 Å². The number of guanidine groups is 1. The van der Waals surface area contributed by atoms with Crippen molar-refractivity contribution in [3.63, 3.8) is 0 Å². The summed E-state index contributed by atoms with van der Waals surface area (Å²) in [6.45, 7) is -2.52. The largest absolute Gasteiger partial charge is 0.481 e. The summed E-state index contributed by atoms with van der Waals surface area (Å²) in [4.78, 5) is 116. The van der Waals surface area contributed by atoms with E-state index in [0.717, 1.165) is 0 Å². The number of thiol groups is 1. The quantitative estimate of drug-likeness (QED) is 0.0438. The number of hydrogen-bond donors (Lipinski definition) is 13. The van der Waals surface area contributed by atoms with E-state index in [1.165, 1.54) is 0 Å². The normalized spacial score (nSPS) is 24.0. The number of nitrogens with two attached hydrogens (primary N) is 2. The van der Waals surface area contributed by atoms with Gasteiger partial charge in [-0.25, -0.2) is 0 Å². The highest BCUT2D eigenvalue weighted by Crippen LogP contribution is 2.02. The van der Waals surface area contributed by atoms with Crippen LogP contribution in [0.2, 0.25) is 0 Å². The van der Waals surface area contributed by atoms with Crippen LogP contribution >= 0.6 is 12.6 Å². The fourth-order valence-electron chi connectivity index (χ4n) is 3.82. The molecular weight excluding hydrogens is 652 g/mol. The standard InChI is InChI=1S/C24H38N10O12S/c25-24(26)27-3-1-2-10-19(42)28-7-16(37)31-11(4-17(38)39)21(44)32-12(5-18(40)41)22(45)33-13(8-35)23(46)34-14(9-47)20(43)29-6-15(36)30-10/h10-14,35,47H,1-9H2,(H,28,42)(H,29,43)(H,30,36)(H,31,37)(H,32,44)(H,33,45)(H,34,46)(H,38,39)(H,40,41)(H4,25,26,27)/t10-,11-,12-,13-,14-/m0/s1. The smallest absolute Gasteiger partial charge is 0.305 e. The predicted octanol–water partition coefficient (Wildman–Crippen LogP) is -7.42. The van der Waals surface area contributed by atoms with Gasteiger partial charge in [0.05, 0.1) is 32.5 Å². The number of carbonyl (C=O) groups is 9. The van der Waals surface area contributed by atoms with Crippen molar-refractivity contribution < 1.29 is 58.5 Å². The lowest BCUT2D eigenvalue weighted by Crippen LogP contribution is -2.60. The van der Waals surface area contributed by atoms with Gasteiger partial charge in [0.25, 0.3) is 0 Å². The summed E-state index contributed by atoms with van der Waals surface area (Å²) >= 11 is 3.98. The van der Waals surface area contributed by atoms with Crippen LogP contribution in [0.3, 0.4) is 0 Å². The van der Waals surface area contributed by atoms with Crippen molar-refractivity contribution in [2.45, 2.75) is 55.9 Å². The maximum atomic E-state index is 12.9. The van der Waals surface area contributed by atoms with E-state index < -0.39 is 116 Å². The minimum absolute atomic E-state index is 0.0577. The second-order valence-corrected chi connectivity index (χ2v) is 10.2. The van der Waals surface area contributed by atoms with Gasteiger partial charge in [-0.05, 0) is 12.8 Å². The maximum absolute atomic E-state index is 12.9. The summed E-state index contributed by atoms with van der Waals surface area (Å²) in [7, 11) is 0. The number of carboxylic acids is 2. The van der Waals surface area contributed by atoms with Crippen molar-refractivity contribution in [1.82, 2.24) is 37.2 Å². The zero-order chi connectivity index (χ0) is 35.7. The van der Waals surface area contributed by atoms with Gasteiger partial charge in [0, 0.05) is 12.3 Å². The summed E-state index contributed by atoms with van der Waals surface area (Å²) in [5, 5.41) is 43.3. The molecule has 262 valence electrons. The molecule has 0 bridgehead atoms. The Morgan fingerprint density at radius 1 is 0.681 bits per heavy atom. The second-order valence-electron chi connectivity index (χ2n) is 9.87. The second kappa shape index (κ2) is 20.0. The van der Waals surface area contributed by atoms with E-state index in [9.17, 15) is 58.5 Å². The molecule has 0 radical (unpaired) electrons. The minimum atomic E-state index is -1.94. The van der Waals surface area contributed by atoms with Crippen molar-refractivity contribution in [2.75, 3.05) is 32.0 Å². The summed E-state index contributed by atoms with van der Waals surface area (Å²) < 4.78 is 0. The van der Waals surface area contributed by atoms with Gasteiger partial charge >= 0.3 is 11.9 Å². The van der Waals surface area contributed by atoms with Crippen LogP contribution in [0.25, 0.3) is 0 Å². The molecule has 22 nitrogen and oxygen atoms in total. The monoisotopic (exact) mass is 690 g/mol. The lowest BCUT2D eigenvalue weighted by atomic mass is 10.1. The van der Waals surface area contributed by atoms with E-state index >= 15 is 0 Å². The molecule has 0 aromatic carbocycles. The molecule has 1 aliphatic heterocycles. The average molecular weight is 691 g/mol. The van der Waals surface area contributed by atoms with Crippen LogP contribution in [0.5, 0.6) is 0 Å². The van der Waals surface area contributed by atoms with Crippen molar-refractivity contribution in [2.24, 2.45) is 16.5 Å². The zero-order valence-electron chi connectivity index (χ0n) is 24.8. The number of amides is 7. The van der Waals surface area contributed by atoms with Gasteiger partial charge in [-0.1, -0.05) is 0 Å². The van der Waals surface area contributed by atoms with Gasteiger partial charge in [-0.2, -0.15) is 12.6 Å². The number of aliphatic carboxylic acids is 2. The van der Waals surface area contributed by atoms with Crippen LogP contribution in [-0.4, -0.2) is 137 Å². The Labute approximate surface area is 272 Å². The number of nitrogens with zero attached hydrogens (tertiary/aromatic N) is 1. The van der Waals surface area contributed by atoms with E-state index in [1.54, 1.807) is 0 Å². The topological polar surface area (TPSA) is 363 Å². The van der Waals surface area contributed by atoms with Gasteiger partial charge in [0.15, 0.2) is 5.96 Å². The van der Waals surface area contributed by atoms with Gasteiger partial charge in [-0.15, -0.1) is 0 Å². The summed E-state index contributed by atoms with van der Waals surface area (Å²) in [5.74, 6) is -11.3. The lowest BCUT2D eigenvalue weighted by Gasteiger charge is -2.24. The molecule has 1 aliphatic rings. The molecular formula is C24H38N10O12S. The van der Waals surface area contributed by atoms with E-state index in [0.29, 0.717) is 0 Å². The van der Waals surface area contributed by atoms with Gasteiger partial charge < -0.3 is 64.0 Å². The molecule has 1 rings (SSSR count). The SMILES string of the molecule is NC(N)=NCCC[C@@H]1NC(=O)CNC(=O)[C@H](CS)NC(=O)[C@H](CO)NC(=O)[C@H](CC(=O)O)NC(=O)[C@H](CC(=O)O)NC(=O)CNC1=O. The highest BCUT2D eigenvalue weighted by Gasteiger charge is 2.33. The highest BCUT2D eigenvalue weighted by molar-refractivity contribution is 7.80. The molecule has 5 atom stereocenters. The first-order valence-corrected chi connectivity index (χ1v) is 14.5. The minimum Gasteiger partial charge on any atom is -0.481 e. The number of aliphatic hydroxyl groups excluding tert-OH is 1. The number of aliphatic imine (C=N–C) groups is 1. The van der Waals surface area contributed by atoms with Crippen molar-refractivity contribution in [3.8, 4) is 0 Å². The van der Waals surface area contributed by atoms with Gasteiger partial charge in [-0.3, -0.25) is 48.1 Å². The number of rotatable bonds is 10. The lowest BCUT2D eigenvalue weighted by molar-refractivity contribution is -0.143. The molecule has 0 aliphatic carbocycles. The fourth-order valence-corrected chi connectivity index (χ4v) is 4.07. The third-order valence-electron chi connectivity index (χ3n) is 6.12. The molecule has 47 heavy (non-hydrogen) atoms. The molecule has 1 fully saturated rings. The summed E-state index contributed by atoms with van der Waals surface area (Å²) in [5.41, 5.74) is 10.6. The Hall–Kier alpha value is -5.19. The Balaban J connectivity index is 3.41. The van der Waals surface area contributed by atoms with Gasteiger partial charge in [0.2, 0.25) is 41.4 Å². The molecule has 0 aromatic heterocycles. The first-order chi connectivity index (χ1) is 22.1. The Kier molecular flexibility index (Phi) is 17.0. The molecule has 0 unspecified atom stereocenters. The highest BCUT2D eigenvalue weighted by atomic mass is 32.1. The Morgan fingerprint density at radius 3 is 1.57 bits per heavy atom. The zero-order valence-corrected chi connectivity index (χ0v) is 25.7. The average Bonchev–Trinajstić information content (AvgIpc) is 2.99. The molecule has 0 aromatic rings. The van der Waals surface area contributed by atoms with Crippen LogP contribution in [0, 0.1) is 0 Å². The molecule has 23 heteroatoms. The number of carbonyl (C=O) groups excluding carboxylic acids is 7.